The number of carboxylic acids is 1. The van der Waals surface area contributed by atoms with E-state index in [0.29, 0.717) is 12.2 Å². The number of hydrogen-bond donors (Lipinski definition) is 2. The number of carbonyl (C=O) groups is 2. The van der Waals surface area contributed by atoms with E-state index in [1.165, 1.54) is 6.26 Å². The number of carbonyl (C=O) groups excluding carboxylic acids is 1. The summed E-state index contributed by atoms with van der Waals surface area (Å²) >= 11 is 0. The van der Waals surface area contributed by atoms with Crippen LogP contribution in [0.1, 0.15) is 31.6 Å². The van der Waals surface area contributed by atoms with E-state index in [-0.39, 0.29) is 12.3 Å². The molecule has 1 atom stereocenters. The summed E-state index contributed by atoms with van der Waals surface area (Å²) in [5, 5.41) is 11.3. The minimum absolute atomic E-state index is 0.181. The third-order valence-electron chi connectivity index (χ3n) is 1.92. The number of rotatable bonds is 5. The normalized spacial score (nSPS) is 12.1. The molecule has 0 saturated carbocycles. The largest absolute Gasteiger partial charge is 0.481 e. The quantitative estimate of drug-likeness (QED) is 0.769. The van der Waals surface area contributed by atoms with E-state index < -0.39 is 12.0 Å². The molecule has 0 spiro atoms. The Bertz CT molecular complexity index is 331. The maximum Gasteiger partial charge on any atom is 0.305 e. The molecule has 1 amide bonds. The first-order valence-corrected chi connectivity index (χ1v) is 4.68. The molecule has 1 heterocycles. The molecule has 1 aromatic rings. The summed E-state index contributed by atoms with van der Waals surface area (Å²) in [6, 6.07) is 2.70. The van der Waals surface area contributed by atoms with Crippen LogP contribution in [0, 0.1) is 0 Å². The first-order valence-electron chi connectivity index (χ1n) is 4.68. The lowest BCUT2D eigenvalue weighted by molar-refractivity contribution is -0.138. The van der Waals surface area contributed by atoms with E-state index in [2.05, 4.69) is 5.32 Å². The zero-order valence-electron chi connectivity index (χ0n) is 8.40. The SMILES string of the molecule is CCC(=O)NC(CC(=O)O)c1ccco1. The Morgan fingerprint density at radius 2 is 2.33 bits per heavy atom. The summed E-state index contributed by atoms with van der Waals surface area (Å²) in [5.41, 5.74) is 0. The van der Waals surface area contributed by atoms with Crippen molar-refractivity contribution in [3.63, 3.8) is 0 Å². The maximum atomic E-state index is 11.2. The van der Waals surface area contributed by atoms with Gasteiger partial charge in [-0.05, 0) is 12.1 Å². The Hall–Kier alpha value is -1.78. The Kier molecular flexibility index (Phi) is 3.91. The molecule has 1 rings (SSSR count). The van der Waals surface area contributed by atoms with Crippen molar-refractivity contribution in [3.8, 4) is 0 Å². The number of carboxylic acid groups (broad SMARTS) is 1. The predicted octanol–water partition coefficient (Wildman–Crippen LogP) is 1.32. The van der Waals surface area contributed by atoms with Crippen molar-refractivity contribution in [3.05, 3.63) is 24.2 Å². The molecular formula is C10H13NO4. The summed E-state index contributed by atoms with van der Waals surface area (Å²) in [6.07, 6.45) is 1.58. The van der Waals surface area contributed by atoms with Gasteiger partial charge < -0.3 is 14.8 Å². The smallest absolute Gasteiger partial charge is 0.305 e. The Labute approximate surface area is 87.1 Å². The van der Waals surface area contributed by atoms with E-state index >= 15 is 0 Å². The number of amides is 1. The van der Waals surface area contributed by atoms with Gasteiger partial charge in [0.2, 0.25) is 5.91 Å². The summed E-state index contributed by atoms with van der Waals surface area (Å²) in [4.78, 5) is 21.7. The Morgan fingerprint density at radius 3 is 2.80 bits per heavy atom. The number of nitrogens with one attached hydrogen (secondary N) is 1. The predicted molar refractivity (Wildman–Crippen MR) is 52.1 cm³/mol. The van der Waals surface area contributed by atoms with Crippen LogP contribution in [0.15, 0.2) is 22.8 Å². The van der Waals surface area contributed by atoms with Gasteiger partial charge >= 0.3 is 5.97 Å². The van der Waals surface area contributed by atoms with Crippen LogP contribution >= 0.6 is 0 Å². The van der Waals surface area contributed by atoms with Gasteiger partial charge in [-0.1, -0.05) is 6.92 Å². The highest BCUT2D eigenvalue weighted by molar-refractivity contribution is 5.77. The van der Waals surface area contributed by atoms with Crippen molar-refractivity contribution in [1.29, 1.82) is 0 Å². The fraction of sp³-hybridized carbons (Fsp3) is 0.400. The minimum atomic E-state index is -0.979. The van der Waals surface area contributed by atoms with Gasteiger partial charge in [0.05, 0.1) is 18.7 Å². The molecule has 2 N–H and O–H groups in total. The third kappa shape index (κ3) is 3.46. The van der Waals surface area contributed by atoms with Crippen LogP contribution in [0.25, 0.3) is 0 Å². The van der Waals surface area contributed by atoms with Crippen molar-refractivity contribution in [1.82, 2.24) is 5.32 Å². The van der Waals surface area contributed by atoms with Gasteiger partial charge in [-0.3, -0.25) is 9.59 Å². The Morgan fingerprint density at radius 1 is 1.60 bits per heavy atom. The molecule has 82 valence electrons. The average molecular weight is 211 g/mol. The Balaban J connectivity index is 2.70. The molecule has 0 bridgehead atoms. The second kappa shape index (κ2) is 5.19. The fourth-order valence-electron chi connectivity index (χ4n) is 1.18. The second-order valence-electron chi connectivity index (χ2n) is 3.09. The summed E-state index contributed by atoms with van der Waals surface area (Å²) in [6.45, 7) is 1.70. The van der Waals surface area contributed by atoms with E-state index in [4.69, 9.17) is 9.52 Å². The van der Waals surface area contributed by atoms with Gasteiger partial charge in [0.25, 0.3) is 0 Å². The molecule has 0 radical (unpaired) electrons. The molecular weight excluding hydrogens is 198 g/mol. The van der Waals surface area contributed by atoms with E-state index in [1.807, 2.05) is 0 Å². The monoisotopic (exact) mass is 211 g/mol. The highest BCUT2D eigenvalue weighted by atomic mass is 16.4. The van der Waals surface area contributed by atoms with E-state index in [0.717, 1.165) is 0 Å². The number of aliphatic carboxylic acids is 1. The fourth-order valence-corrected chi connectivity index (χ4v) is 1.18. The molecule has 0 fully saturated rings. The van der Waals surface area contributed by atoms with Gasteiger partial charge in [-0.15, -0.1) is 0 Å². The molecule has 15 heavy (non-hydrogen) atoms. The number of hydrogen-bond acceptors (Lipinski definition) is 3. The summed E-state index contributed by atoms with van der Waals surface area (Å²) in [5.74, 6) is -0.718. The van der Waals surface area contributed by atoms with Crippen molar-refractivity contribution in [2.75, 3.05) is 0 Å². The molecule has 1 aromatic heterocycles. The molecule has 0 saturated heterocycles. The lowest BCUT2D eigenvalue weighted by Crippen LogP contribution is -2.29. The lowest BCUT2D eigenvalue weighted by Gasteiger charge is -2.13. The van der Waals surface area contributed by atoms with Crippen LogP contribution < -0.4 is 5.32 Å². The molecule has 0 aliphatic rings. The highest BCUT2D eigenvalue weighted by Crippen LogP contribution is 2.17. The van der Waals surface area contributed by atoms with E-state index in [9.17, 15) is 9.59 Å². The van der Waals surface area contributed by atoms with E-state index in [1.54, 1.807) is 19.1 Å². The summed E-state index contributed by atoms with van der Waals surface area (Å²) in [7, 11) is 0. The van der Waals surface area contributed by atoms with Gasteiger partial charge in [-0.2, -0.15) is 0 Å². The molecule has 5 heteroatoms. The zero-order chi connectivity index (χ0) is 11.3. The van der Waals surface area contributed by atoms with Crippen molar-refractivity contribution < 1.29 is 19.1 Å². The molecule has 0 aliphatic carbocycles. The maximum absolute atomic E-state index is 11.2. The molecule has 0 aliphatic heterocycles. The van der Waals surface area contributed by atoms with Crippen LogP contribution in [0.2, 0.25) is 0 Å². The van der Waals surface area contributed by atoms with Crippen molar-refractivity contribution in [2.24, 2.45) is 0 Å². The first-order chi connectivity index (χ1) is 7.13. The van der Waals surface area contributed by atoms with Gasteiger partial charge in [-0.25, -0.2) is 0 Å². The first kappa shape index (κ1) is 11.3. The number of furan rings is 1. The van der Waals surface area contributed by atoms with Crippen LogP contribution in [0.5, 0.6) is 0 Å². The van der Waals surface area contributed by atoms with Crippen LogP contribution in [-0.4, -0.2) is 17.0 Å². The van der Waals surface area contributed by atoms with Crippen molar-refractivity contribution in [2.45, 2.75) is 25.8 Å². The van der Waals surface area contributed by atoms with Gasteiger partial charge in [0.1, 0.15) is 5.76 Å². The average Bonchev–Trinajstić information content (AvgIpc) is 2.68. The van der Waals surface area contributed by atoms with Crippen LogP contribution in [0.4, 0.5) is 0 Å². The van der Waals surface area contributed by atoms with Crippen LogP contribution in [-0.2, 0) is 9.59 Å². The molecule has 1 unspecified atom stereocenters. The van der Waals surface area contributed by atoms with Gasteiger partial charge in [0, 0.05) is 6.42 Å². The second-order valence-corrected chi connectivity index (χ2v) is 3.09. The minimum Gasteiger partial charge on any atom is -0.481 e. The topological polar surface area (TPSA) is 79.5 Å². The molecule has 5 nitrogen and oxygen atoms in total. The standard InChI is InChI=1S/C10H13NO4/c1-2-9(12)11-7(6-10(13)14)8-4-3-5-15-8/h3-5,7H,2,6H2,1H3,(H,11,12)(H,13,14). The highest BCUT2D eigenvalue weighted by Gasteiger charge is 2.19. The van der Waals surface area contributed by atoms with Crippen LogP contribution in [0.3, 0.4) is 0 Å². The third-order valence-corrected chi connectivity index (χ3v) is 1.92. The zero-order valence-corrected chi connectivity index (χ0v) is 8.40. The summed E-state index contributed by atoms with van der Waals surface area (Å²) < 4.78 is 5.06. The molecule has 0 aromatic carbocycles. The lowest BCUT2D eigenvalue weighted by atomic mass is 10.1. The van der Waals surface area contributed by atoms with Crippen molar-refractivity contribution >= 4 is 11.9 Å². The van der Waals surface area contributed by atoms with Gasteiger partial charge in [0.15, 0.2) is 0 Å².